The van der Waals surface area contributed by atoms with Crippen molar-refractivity contribution < 1.29 is 0 Å². The van der Waals surface area contributed by atoms with Crippen LogP contribution in [0.15, 0.2) is 48.5 Å². The Bertz CT molecular complexity index is 548. The van der Waals surface area contributed by atoms with Crippen molar-refractivity contribution in [2.45, 2.75) is 25.8 Å². The summed E-state index contributed by atoms with van der Waals surface area (Å²) in [6.45, 7) is 4.28. The fraction of sp³-hybridized carbons (Fsp3) is 0.333. The number of anilines is 1. The number of benzene rings is 2. The van der Waals surface area contributed by atoms with E-state index in [0.29, 0.717) is 5.92 Å². The fourth-order valence-electron chi connectivity index (χ4n) is 2.39. The van der Waals surface area contributed by atoms with Crippen molar-refractivity contribution >= 4 is 17.3 Å². The summed E-state index contributed by atoms with van der Waals surface area (Å²) in [4.78, 5) is 2.34. The van der Waals surface area contributed by atoms with Crippen LogP contribution in [0.5, 0.6) is 0 Å². The highest BCUT2D eigenvalue weighted by Crippen LogP contribution is 2.20. The minimum absolute atomic E-state index is 0.540. The van der Waals surface area contributed by atoms with E-state index in [1.54, 1.807) is 0 Å². The van der Waals surface area contributed by atoms with Crippen LogP contribution in [0.25, 0.3) is 0 Å². The molecular weight excluding hydrogens is 280 g/mol. The van der Waals surface area contributed by atoms with Crippen LogP contribution in [0.3, 0.4) is 0 Å². The van der Waals surface area contributed by atoms with E-state index in [1.807, 2.05) is 24.3 Å². The molecule has 0 aliphatic carbocycles. The van der Waals surface area contributed by atoms with Gasteiger partial charge in [0.1, 0.15) is 0 Å². The third-order valence-corrected chi connectivity index (χ3v) is 4.07. The average molecular weight is 303 g/mol. The van der Waals surface area contributed by atoms with Gasteiger partial charge in [0.05, 0.1) is 0 Å². The summed E-state index contributed by atoms with van der Waals surface area (Å²) in [6.07, 6.45) is 1.13. The number of nitrogens with zero attached hydrogens (tertiary/aromatic N) is 1. The number of hydrogen-bond donors (Lipinski definition) is 1. The van der Waals surface area contributed by atoms with Crippen LogP contribution < -0.4 is 5.73 Å². The predicted octanol–water partition coefficient (Wildman–Crippen LogP) is 4.55. The van der Waals surface area contributed by atoms with Crippen molar-refractivity contribution in [1.82, 2.24) is 4.90 Å². The number of nitrogens with two attached hydrogens (primary N) is 1. The molecule has 3 heteroatoms. The normalized spacial score (nSPS) is 12.6. The molecule has 0 aliphatic rings. The van der Waals surface area contributed by atoms with Gasteiger partial charge in [0.2, 0.25) is 0 Å². The van der Waals surface area contributed by atoms with E-state index in [1.165, 1.54) is 11.1 Å². The minimum atomic E-state index is 0.540. The first-order chi connectivity index (χ1) is 10.0. The lowest BCUT2D eigenvalue weighted by Gasteiger charge is -2.20. The zero-order valence-electron chi connectivity index (χ0n) is 12.7. The van der Waals surface area contributed by atoms with Crippen LogP contribution in [0.4, 0.5) is 5.69 Å². The lowest BCUT2D eigenvalue weighted by atomic mass is 9.97. The molecule has 0 fully saturated rings. The summed E-state index contributed by atoms with van der Waals surface area (Å²) in [7, 11) is 2.16. The van der Waals surface area contributed by atoms with Gasteiger partial charge in [-0.15, -0.1) is 0 Å². The molecule has 112 valence electrons. The van der Waals surface area contributed by atoms with Gasteiger partial charge in [-0.1, -0.05) is 42.8 Å². The summed E-state index contributed by atoms with van der Waals surface area (Å²) in [5, 5.41) is 0.790. The van der Waals surface area contributed by atoms with Gasteiger partial charge in [-0.3, -0.25) is 0 Å². The number of halogens is 1. The summed E-state index contributed by atoms with van der Waals surface area (Å²) in [5.41, 5.74) is 9.20. The van der Waals surface area contributed by atoms with Gasteiger partial charge < -0.3 is 10.6 Å². The number of nitrogen functional groups attached to an aromatic ring is 1. The van der Waals surface area contributed by atoms with E-state index in [4.69, 9.17) is 17.3 Å². The topological polar surface area (TPSA) is 29.3 Å². The molecule has 1 unspecified atom stereocenters. The summed E-state index contributed by atoms with van der Waals surface area (Å²) in [6, 6.07) is 16.3. The summed E-state index contributed by atoms with van der Waals surface area (Å²) in [5.74, 6) is 0.540. The van der Waals surface area contributed by atoms with Crippen molar-refractivity contribution in [1.29, 1.82) is 0 Å². The van der Waals surface area contributed by atoms with E-state index >= 15 is 0 Å². The molecule has 0 spiro atoms. The standard InChI is InChI=1S/C18H23ClN2/c1-14(16-5-9-18(20)10-6-16)11-12-21(2)13-15-3-7-17(19)8-4-15/h3-10,14H,11-13,20H2,1-2H3. The quantitative estimate of drug-likeness (QED) is 0.793. The first kappa shape index (κ1) is 15.9. The Hall–Kier alpha value is -1.51. The van der Waals surface area contributed by atoms with Crippen molar-refractivity contribution in [2.24, 2.45) is 0 Å². The van der Waals surface area contributed by atoms with Gasteiger partial charge in [0.25, 0.3) is 0 Å². The molecule has 2 nitrogen and oxygen atoms in total. The maximum absolute atomic E-state index is 5.91. The molecule has 0 aliphatic heterocycles. The highest BCUT2D eigenvalue weighted by atomic mass is 35.5. The molecule has 2 N–H and O–H groups in total. The zero-order valence-corrected chi connectivity index (χ0v) is 13.5. The maximum Gasteiger partial charge on any atom is 0.0406 e. The Morgan fingerprint density at radius 2 is 1.67 bits per heavy atom. The Kier molecular flexibility index (Phi) is 5.66. The molecule has 0 saturated heterocycles. The van der Waals surface area contributed by atoms with E-state index in [0.717, 1.165) is 30.2 Å². The lowest BCUT2D eigenvalue weighted by Crippen LogP contribution is -2.20. The first-order valence-corrected chi connectivity index (χ1v) is 7.71. The number of rotatable bonds is 6. The molecule has 2 rings (SSSR count). The van der Waals surface area contributed by atoms with Gasteiger partial charge in [-0.25, -0.2) is 0 Å². The maximum atomic E-state index is 5.91. The van der Waals surface area contributed by atoms with Crippen molar-refractivity contribution in [3.8, 4) is 0 Å². The molecule has 1 atom stereocenters. The molecule has 21 heavy (non-hydrogen) atoms. The molecule has 0 aromatic heterocycles. The van der Waals surface area contributed by atoms with Crippen LogP contribution >= 0.6 is 11.6 Å². The molecule has 0 amide bonds. The number of hydrogen-bond acceptors (Lipinski definition) is 2. The van der Waals surface area contributed by atoms with E-state index in [9.17, 15) is 0 Å². The van der Waals surface area contributed by atoms with Gasteiger partial charge >= 0.3 is 0 Å². The Labute approximate surface area is 132 Å². The highest BCUT2D eigenvalue weighted by Gasteiger charge is 2.07. The fourth-order valence-corrected chi connectivity index (χ4v) is 2.51. The van der Waals surface area contributed by atoms with Crippen molar-refractivity contribution in [3.05, 3.63) is 64.7 Å². The second-order valence-corrected chi connectivity index (χ2v) is 6.16. The highest BCUT2D eigenvalue weighted by molar-refractivity contribution is 6.30. The molecule has 2 aromatic rings. The predicted molar refractivity (Wildman–Crippen MR) is 91.7 cm³/mol. The van der Waals surface area contributed by atoms with E-state index in [-0.39, 0.29) is 0 Å². The van der Waals surface area contributed by atoms with E-state index in [2.05, 4.69) is 43.1 Å². The second-order valence-electron chi connectivity index (χ2n) is 5.72. The van der Waals surface area contributed by atoms with Gasteiger partial charge in [0.15, 0.2) is 0 Å². The average Bonchev–Trinajstić information content (AvgIpc) is 2.48. The van der Waals surface area contributed by atoms with Gasteiger partial charge in [0, 0.05) is 17.3 Å². The molecule has 0 saturated carbocycles. The van der Waals surface area contributed by atoms with Crippen molar-refractivity contribution in [2.75, 3.05) is 19.3 Å². The smallest absolute Gasteiger partial charge is 0.0406 e. The first-order valence-electron chi connectivity index (χ1n) is 7.33. The van der Waals surface area contributed by atoms with Crippen LogP contribution in [-0.2, 0) is 6.54 Å². The van der Waals surface area contributed by atoms with Crippen LogP contribution in [0, 0.1) is 0 Å². The third kappa shape index (κ3) is 5.07. The van der Waals surface area contributed by atoms with Crippen LogP contribution in [-0.4, -0.2) is 18.5 Å². The molecule has 0 bridgehead atoms. The van der Waals surface area contributed by atoms with E-state index < -0.39 is 0 Å². The molecular formula is C18H23ClN2. The zero-order chi connectivity index (χ0) is 15.2. The Balaban J connectivity index is 1.81. The SMILES string of the molecule is CC(CCN(C)Cc1ccc(Cl)cc1)c1ccc(N)cc1. The largest absolute Gasteiger partial charge is 0.399 e. The molecule has 2 aromatic carbocycles. The Morgan fingerprint density at radius 1 is 1.05 bits per heavy atom. The Morgan fingerprint density at radius 3 is 2.29 bits per heavy atom. The third-order valence-electron chi connectivity index (χ3n) is 3.82. The van der Waals surface area contributed by atoms with Crippen LogP contribution in [0.1, 0.15) is 30.4 Å². The van der Waals surface area contributed by atoms with Crippen LogP contribution in [0.2, 0.25) is 5.02 Å². The summed E-state index contributed by atoms with van der Waals surface area (Å²) < 4.78 is 0. The molecule has 0 radical (unpaired) electrons. The van der Waals surface area contributed by atoms with Crippen molar-refractivity contribution in [3.63, 3.8) is 0 Å². The van der Waals surface area contributed by atoms with Gasteiger partial charge in [-0.05, 0) is 61.3 Å². The monoisotopic (exact) mass is 302 g/mol. The minimum Gasteiger partial charge on any atom is -0.399 e. The second kappa shape index (κ2) is 7.48. The lowest BCUT2D eigenvalue weighted by molar-refractivity contribution is 0.313. The summed E-state index contributed by atoms with van der Waals surface area (Å²) >= 11 is 5.91. The molecule has 0 heterocycles. The van der Waals surface area contributed by atoms with Gasteiger partial charge in [-0.2, -0.15) is 0 Å².